The lowest BCUT2D eigenvalue weighted by Gasteiger charge is -2.19. The number of aromatic nitrogens is 1. The van der Waals surface area contributed by atoms with Gasteiger partial charge in [-0.1, -0.05) is 18.6 Å². The van der Waals surface area contributed by atoms with Gasteiger partial charge >= 0.3 is 0 Å². The molecule has 3 aromatic carbocycles. The number of unbranched alkanes of at least 4 members (excludes halogenated alkanes) is 2. The Kier molecular flexibility index (Phi) is 10.7. The molecular weight excluding hydrogens is 612 g/mol. The highest BCUT2D eigenvalue weighted by atomic mass is 16.5. The summed E-state index contributed by atoms with van der Waals surface area (Å²) in [5, 5.41) is 10.1. The number of anilines is 2. The van der Waals surface area contributed by atoms with Crippen LogP contribution in [0.2, 0.25) is 0 Å². The number of aromatic amines is 1. The van der Waals surface area contributed by atoms with Crippen molar-refractivity contribution in [3.05, 3.63) is 85.8 Å². The first-order chi connectivity index (χ1) is 23.1. The molecule has 0 aliphatic heterocycles. The van der Waals surface area contributed by atoms with Gasteiger partial charge in [0.1, 0.15) is 0 Å². The van der Waals surface area contributed by atoms with Crippen LogP contribution in [0.25, 0.3) is 22.0 Å². The molecule has 48 heavy (non-hydrogen) atoms. The van der Waals surface area contributed by atoms with Crippen molar-refractivity contribution in [2.24, 2.45) is 0 Å². The lowest BCUT2D eigenvalue weighted by Crippen LogP contribution is -2.26. The molecule has 0 radical (unpaired) electrons. The summed E-state index contributed by atoms with van der Waals surface area (Å²) in [4.78, 5) is 52.9. The van der Waals surface area contributed by atoms with Crippen LogP contribution in [0, 0.1) is 6.92 Å². The summed E-state index contributed by atoms with van der Waals surface area (Å²) in [6, 6.07) is 13.8. The second-order valence-electron chi connectivity index (χ2n) is 12.0. The number of fused-ring (bicyclic) bond motifs is 4. The fourth-order valence-electron chi connectivity index (χ4n) is 6.40. The van der Waals surface area contributed by atoms with Gasteiger partial charge in [0.05, 0.1) is 38.6 Å². The van der Waals surface area contributed by atoms with Crippen LogP contribution in [-0.4, -0.2) is 44.7 Å². The van der Waals surface area contributed by atoms with E-state index in [4.69, 9.17) is 14.2 Å². The first-order valence-corrected chi connectivity index (χ1v) is 16.1. The molecule has 252 valence electrons. The normalized spacial score (nSPS) is 13.5. The SMILES string of the molecule is COc1cc2c(c(OC)c1OC)-c1ccc(NCCCCCC(=O)Nc3ccc4c(C)cc(=O)[nH]c4c3)c(=O)cc1[C@H](NC(C)=O)CC2. The van der Waals surface area contributed by atoms with Gasteiger partial charge in [0.25, 0.3) is 0 Å². The number of pyridine rings is 1. The molecule has 0 saturated carbocycles. The summed E-state index contributed by atoms with van der Waals surface area (Å²) in [6.07, 6.45) is 3.77. The molecule has 0 unspecified atom stereocenters. The van der Waals surface area contributed by atoms with Gasteiger partial charge in [-0.2, -0.15) is 0 Å². The van der Waals surface area contributed by atoms with Gasteiger partial charge in [0, 0.05) is 42.6 Å². The third-order valence-corrected chi connectivity index (χ3v) is 8.65. The van der Waals surface area contributed by atoms with Crippen molar-refractivity contribution in [3.8, 4) is 28.4 Å². The maximum absolute atomic E-state index is 13.5. The van der Waals surface area contributed by atoms with Gasteiger partial charge < -0.3 is 35.1 Å². The number of H-pyrrole nitrogens is 1. The van der Waals surface area contributed by atoms with Crippen LogP contribution in [0.4, 0.5) is 11.4 Å². The molecule has 1 aliphatic carbocycles. The third-order valence-electron chi connectivity index (χ3n) is 8.65. The van der Waals surface area contributed by atoms with Gasteiger partial charge in [0.15, 0.2) is 11.5 Å². The Morgan fingerprint density at radius 2 is 1.71 bits per heavy atom. The lowest BCUT2D eigenvalue weighted by molar-refractivity contribution is -0.119. The van der Waals surface area contributed by atoms with E-state index in [-0.39, 0.29) is 28.8 Å². The van der Waals surface area contributed by atoms with Crippen molar-refractivity contribution in [2.75, 3.05) is 38.5 Å². The highest BCUT2D eigenvalue weighted by Crippen LogP contribution is 2.50. The lowest BCUT2D eigenvalue weighted by atomic mass is 9.95. The molecular formula is C37H42N4O7. The molecule has 1 aromatic heterocycles. The summed E-state index contributed by atoms with van der Waals surface area (Å²) in [6.45, 7) is 3.89. The molecule has 1 heterocycles. The van der Waals surface area contributed by atoms with Gasteiger partial charge in [0.2, 0.25) is 28.6 Å². The second kappa shape index (κ2) is 15.1. The van der Waals surface area contributed by atoms with E-state index in [1.54, 1.807) is 45.6 Å². The second-order valence-corrected chi connectivity index (χ2v) is 12.0. The molecule has 1 atom stereocenters. The molecule has 0 spiro atoms. The number of aryl methyl sites for hydroxylation is 2. The van der Waals surface area contributed by atoms with Crippen LogP contribution in [0.5, 0.6) is 17.2 Å². The zero-order valence-electron chi connectivity index (χ0n) is 28.0. The average molecular weight is 655 g/mol. The summed E-state index contributed by atoms with van der Waals surface area (Å²) in [5.74, 6) is 1.20. The topological polar surface area (TPSA) is 148 Å². The Morgan fingerprint density at radius 3 is 2.44 bits per heavy atom. The monoisotopic (exact) mass is 654 g/mol. The van der Waals surface area contributed by atoms with E-state index >= 15 is 0 Å². The zero-order valence-corrected chi connectivity index (χ0v) is 28.0. The number of rotatable bonds is 12. The molecule has 2 amide bonds. The number of ether oxygens (including phenoxy) is 3. The summed E-state index contributed by atoms with van der Waals surface area (Å²) < 4.78 is 17.1. The van der Waals surface area contributed by atoms with Crippen LogP contribution >= 0.6 is 0 Å². The maximum atomic E-state index is 13.5. The molecule has 0 bridgehead atoms. The molecule has 5 rings (SSSR count). The van der Waals surface area contributed by atoms with Crippen LogP contribution in [0.1, 0.15) is 61.8 Å². The number of carbonyl (C=O) groups is 2. The van der Waals surface area contributed by atoms with E-state index in [2.05, 4.69) is 20.9 Å². The quantitative estimate of drug-likeness (QED) is 0.144. The summed E-state index contributed by atoms with van der Waals surface area (Å²) >= 11 is 0. The molecule has 0 fully saturated rings. The highest BCUT2D eigenvalue weighted by molar-refractivity contribution is 5.94. The minimum Gasteiger partial charge on any atom is -0.493 e. The van der Waals surface area contributed by atoms with Crippen molar-refractivity contribution in [1.82, 2.24) is 10.3 Å². The van der Waals surface area contributed by atoms with Crippen molar-refractivity contribution in [3.63, 3.8) is 0 Å². The van der Waals surface area contributed by atoms with E-state index in [1.807, 2.05) is 31.2 Å². The van der Waals surface area contributed by atoms with Crippen molar-refractivity contribution in [2.45, 2.75) is 58.4 Å². The first-order valence-electron chi connectivity index (χ1n) is 16.1. The molecule has 11 nitrogen and oxygen atoms in total. The van der Waals surface area contributed by atoms with Crippen molar-refractivity contribution in [1.29, 1.82) is 0 Å². The van der Waals surface area contributed by atoms with Crippen LogP contribution in [-0.2, 0) is 16.0 Å². The van der Waals surface area contributed by atoms with E-state index in [9.17, 15) is 19.2 Å². The standard InChI is InChI=1S/C37H42N4O7/c1-21-17-34(45)41-30-19-24(11-12-25(21)30)40-33(44)9-7-6-8-16-38-29-15-13-26-27(20-31(29)43)28(39-22(2)42)14-10-23-18-32(46-3)36(47-4)37(48-5)35(23)26/h11-13,15,17-20,28H,6-10,14,16H2,1-5H3,(H,38,43)(H,39,42)(H,40,44)(H,41,45)/t28-/m1/s1. The van der Waals surface area contributed by atoms with Crippen LogP contribution < -0.4 is 41.1 Å². The zero-order chi connectivity index (χ0) is 34.4. The Morgan fingerprint density at radius 1 is 0.917 bits per heavy atom. The average Bonchev–Trinajstić information content (AvgIpc) is 3.29. The number of amides is 2. The van der Waals surface area contributed by atoms with Gasteiger partial charge in [-0.15, -0.1) is 0 Å². The number of carbonyl (C=O) groups excluding carboxylic acids is 2. The Bertz CT molecular complexity index is 1970. The van der Waals surface area contributed by atoms with Gasteiger partial charge in [-0.05, 0) is 85.2 Å². The van der Waals surface area contributed by atoms with Gasteiger partial charge in [-0.3, -0.25) is 19.2 Å². The number of hydrogen-bond acceptors (Lipinski definition) is 8. The van der Waals surface area contributed by atoms with Crippen LogP contribution in [0.15, 0.2) is 58.1 Å². The fourth-order valence-corrected chi connectivity index (χ4v) is 6.40. The Labute approximate surface area is 279 Å². The minimum atomic E-state index is -0.383. The predicted octanol–water partition coefficient (Wildman–Crippen LogP) is 5.62. The van der Waals surface area contributed by atoms with Crippen LogP contribution in [0.3, 0.4) is 0 Å². The van der Waals surface area contributed by atoms with E-state index in [0.29, 0.717) is 71.9 Å². The van der Waals surface area contributed by atoms with E-state index in [0.717, 1.165) is 40.5 Å². The minimum absolute atomic E-state index is 0.102. The predicted molar refractivity (Wildman–Crippen MR) is 188 cm³/mol. The molecule has 0 saturated heterocycles. The highest BCUT2D eigenvalue weighted by Gasteiger charge is 2.29. The number of nitrogens with one attached hydrogen (secondary N) is 4. The summed E-state index contributed by atoms with van der Waals surface area (Å²) in [5.41, 5.74) is 5.48. The smallest absolute Gasteiger partial charge is 0.248 e. The van der Waals surface area contributed by atoms with Crippen molar-refractivity contribution >= 4 is 34.1 Å². The Hall–Kier alpha value is -5.32. The largest absolute Gasteiger partial charge is 0.493 e. The number of benzene rings is 2. The maximum Gasteiger partial charge on any atom is 0.248 e. The molecule has 4 aromatic rings. The van der Waals surface area contributed by atoms with E-state index in [1.165, 1.54) is 6.92 Å². The summed E-state index contributed by atoms with van der Waals surface area (Å²) in [7, 11) is 4.69. The van der Waals surface area contributed by atoms with E-state index < -0.39 is 0 Å². The van der Waals surface area contributed by atoms with Gasteiger partial charge in [-0.25, -0.2) is 0 Å². The third kappa shape index (κ3) is 7.46. The Balaban J connectivity index is 1.26. The molecule has 11 heteroatoms. The molecule has 4 N–H and O–H groups in total. The molecule has 1 aliphatic rings. The number of methoxy groups -OCH3 is 3. The van der Waals surface area contributed by atoms with Crippen molar-refractivity contribution < 1.29 is 23.8 Å². The first kappa shape index (κ1) is 34.0. The number of hydrogen-bond donors (Lipinski definition) is 4. The fraction of sp³-hybridized carbons (Fsp3) is 0.351.